The Bertz CT molecular complexity index is 1550. The first-order valence-corrected chi connectivity index (χ1v) is 14.1. The van der Waals surface area contributed by atoms with E-state index < -0.39 is 4.75 Å². The number of rotatable bonds is 10. The normalized spacial score (nSPS) is 16.9. The van der Waals surface area contributed by atoms with Gasteiger partial charge in [-0.1, -0.05) is 32.0 Å². The van der Waals surface area contributed by atoms with Gasteiger partial charge in [0.1, 0.15) is 34.4 Å². The number of aryl methyl sites for hydroxylation is 1. The molecule has 0 spiro atoms. The molecule has 1 aromatic heterocycles. The maximum absolute atomic E-state index is 12.1. The number of thioether (sulfide) groups is 1. The third kappa shape index (κ3) is 6.09. The Morgan fingerprint density at radius 2 is 1.75 bits per heavy atom. The van der Waals surface area contributed by atoms with Gasteiger partial charge in [0.25, 0.3) is 5.24 Å². The molecule has 1 N–H and O–H groups in total. The predicted molar refractivity (Wildman–Crippen MR) is 159 cm³/mol. The van der Waals surface area contributed by atoms with E-state index in [2.05, 4.69) is 43.2 Å². The monoisotopic (exact) mass is 558 g/mol. The molecule has 0 unspecified atom stereocenters. The van der Waals surface area contributed by atoms with Gasteiger partial charge in [-0.3, -0.25) is 14.9 Å². The molecule has 1 aliphatic heterocycles. The number of amides is 2. The molecular formula is C31H34N4O4S. The highest BCUT2D eigenvalue weighted by molar-refractivity contribution is 8.16. The number of nitrogens with one attached hydrogen (secondary N) is 1. The first-order chi connectivity index (χ1) is 19.1. The van der Waals surface area contributed by atoms with Gasteiger partial charge in [-0.15, -0.1) is 0 Å². The number of hydrogen-bond donors (Lipinski definition) is 1. The Balaban J connectivity index is 1.24. The number of anilines is 1. The second kappa shape index (κ2) is 11.3. The molecule has 0 aliphatic carbocycles. The summed E-state index contributed by atoms with van der Waals surface area (Å²) in [6, 6.07) is 21.6. The molecule has 2 amide bonds. The van der Waals surface area contributed by atoms with Crippen LogP contribution in [0.15, 0.2) is 66.7 Å². The first-order valence-electron chi connectivity index (χ1n) is 13.3. The first kappa shape index (κ1) is 27.6. The van der Waals surface area contributed by atoms with E-state index in [4.69, 9.17) is 14.5 Å². The number of hydrogen-bond acceptors (Lipinski definition) is 7. The van der Waals surface area contributed by atoms with Gasteiger partial charge >= 0.3 is 0 Å². The largest absolute Gasteiger partial charge is 0.486 e. The molecule has 9 heteroatoms. The third-order valence-electron chi connectivity index (χ3n) is 6.92. The molecule has 8 nitrogen and oxygen atoms in total. The predicted octanol–water partition coefficient (Wildman–Crippen LogP) is 6.32. The van der Waals surface area contributed by atoms with Crippen molar-refractivity contribution in [1.29, 1.82) is 0 Å². The summed E-state index contributed by atoms with van der Waals surface area (Å²) in [7, 11) is 4.06. The average Bonchev–Trinajstić information content (AvgIpc) is 3.36. The van der Waals surface area contributed by atoms with Crippen LogP contribution in [0.2, 0.25) is 0 Å². The summed E-state index contributed by atoms with van der Waals surface area (Å²) in [5, 5.41) is 2.06. The summed E-state index contributed by atoms with van der Waals surface area (Å²) in [5.41, 5.74) is 3.89. The van der Waals surface area contributed by atoms with Crippen molar-refractivity contribution in [2.45, 2.75) is 38.5 Å². The quantitative estimate of drug-likeness (QED) is 0.244. The minimum Gasteiger partial charge on any atom is -0.486 e. The van der Waals surface area contributed by atoms with Crippen LogP contribution < -0.4 is 19.7 Å². The van der Waals surface area contributed by atoms with Crippen molar-refractivity contribution in [3.05, 3.63) is 78.1 Å². The number of imidazole rings is 1. The lowest BCUT2D eigenvalue weighted by Gasteiger charge is -2.22. The van der Waals surface area contributed by atoms with Gasteiger partial charge in [0, 0.05) is 38.5 Å². The molecule has 1 atom stereocenters. The van der Waals surface area contributed by atoms with Crippen molar-refractivity contribution in [2.75, 3.05) is 18.5 Å². The lowest BCUT2D eigenvalue weighted by atomic mass is 9.99. The number of nitrogens with zero attached hydrogens (tertiary/aromatic N) is 3. The van der Waals surface area contributed by atoms with E-state index in [-0.39, 0.29) is 11.1 Å². The van der Waals surface area contributed by atoms with E-state index in [1.54, 1.807) is 6.92 Å². The minimum atomic E-state index is -0.790. The van der Waals surface area contributed by atoms with Crippen LogP contribution in [0.4, 0.5) is 10.5 Å². The topological polar surface area (TPSA) is 85.7 Å². The molecule has 208 valence electrons. The molecule has 1 fully saturated rings. The smallest absolute Gasteiger partial charge is 0.286 e. The fourth-order valence-electron chi connectivity index (χ4n) is 4.84. The van der Waals surface area contributed by atoms with Gasteiger partial charge in [0.15, 0.2) is 0 Å². The molecule has 5 rings (SSSR count). The van der Waals surface area contributed by atoms with Gasteiger partial charge in [0.2, 0.25) is 5.91 Å². The van der Waals surface area contributed by atoms with E-state index in [1.165, 1.54) is 0 Å². The molecule has 0 saturated carbocycles. The van der Waals surface area contributed by atoms with Crippen LogP contribution >= 0.6 is 11.8 Å². The number of benzene rings is 3. The SMILES string of the molecule is CC(C)CN(C)c1cccc(Oc2ccc3nc(COc4ccc(C[C@@]5(C)SC(=O)NC5=O)cc4)n(C)c3c2)c1. The zero-order valence-electron chi connectivity index (χ0n) is 23.4. The number of fused-ring (bicyclic) bond motifs is 1. The Morgan fingerprint density at radius 3 is 2.45 bits per heavy atom. The number of carbonyl (C=O) groups excluding carboxylic acids is 2. The summed E-state index contributed by atoms with van der Waals surface area (Å²) in [5.74, 6) is 3.34. The lowest BCUT2D eigenvalue weighted by molar-refractivity contribution is -0.121. The molecule has 2 heterocycles. The molecule has 1 saturated heterocycles. The Morgan fingerprint density at radius 1 is 1.02 bits per heavy atom. The van der Waals surface area contributed by atoms with E-state index in [9.17, 15) is 9.59 Å². The molecule has 40 heavy (non-hydrogen) atoms. The second-order valence-corrected chi connectivity index (χ2v) is 12.3. The maximum atomic E-state index is 12.1. The molecule has 3 aromatic carbocycles. The van der Waals surface area contributed by atoms with Crippen LogP contribution in [0.25, 0.3) is 11.0 Å². The van der Waals surface area contributed by atoms with Crippen LogP contribution in [-0.2, 0) is 24.9 Å². The van der Waals surface area contributed by atoms with Crippen LogP contribution in [0.5, 0.6) is 17.2 Å². The molecule has 0 bridgehead atoms. The van der Waals surface area contributed by atoms with Gasteiger partial charge in [-0.2, -0.15) is 0 Å². The van der Waals surface area contributed by atoms with E-state index in [0.717, 1.165) is 57.9 Å². The molecule has 0 radical (unpaired) electrons. The summed E-state index contributed by atoms with van der Waals surface area (Å²) >= 11 is 1.04. The van der Waals surface area contributed by atoms with Crippen LogP contribution in [0.1, 0.15) is 32.2 Å². The summed E-state index contributed by atoms with van der Waals surface area (Å²) < 4.78 is 13.5. The molecular weight excluding hydrogens is 524 g/mol. The van der Waals surface area contributed by atoms with Gasteiger partial charge in [0.05, 0.1) is 11.0 Å². The highest BCUT2D eigenvalue weighted by Gasteiger charge is 2.43. The van der Waals surface area contributed by atoms with Crippen molar-refractivity contribution in [1.82, 2.24) is 14.9 Å². The van der Waals surface area contributed by atoms with Crippen molar-refractivity contribution < 1.29 is 19.1 Å². The summed E-state index contributed by atoms with van der Waals surface area (Å²) in [6.07, 6.45) is 0.462. The standard InChI is InChI=1S/C31H34N4O4S/c1-20(2)18-34(4)22-7-6-8-24(15-22)39-25-13-14-26-27(16-25)35(5)28(32-26)19-38-23-11-9-21(10-12-23)17-31(3)29(36)33-30(37)40-31/h6-16,20H,17-19H2,1-5H3,(H,33,36,37)/t31-/m1/s1. The molecule has 4 aromatic rings. The van der Waals surface area contributed by atoms with Crippen molar-refractivity contribution in [2.24, 2.45) is 13.0 Å². The summed E-state index contributed by atoms with van der Waals surface area (Å²) in [4.78, 5) is 30.7. The van der Waals surface area contributed by atoms with Crippen LogP contribution in [0.3, 0.4) is 0 Å². The highest BCUT2D eigenvalue weighted by atomic mass is 32.2. The second-order valence-electron chi connectivity index (χ2n) is 10.8. The zero-order chi connectivity index (χ0) is 28.4. The van der Waals surface area contributed by atoms with Gasteiger partial charge in [-0.05, 0) is 73.0 Å². The van der Waals surface area contributed by atoms with Crippen molar-refractivity contribution in [3.63, 3.8) is 0 Å². The lowest BCUT2D eigenvalue weighted by Crippen LogP contribution is -2.35. The molecule has 1 aliphatic rings. The highest BCUT2D eigenvalue weighted by Crippen LogP contribution is 2.35. The van der Waals surface area contributed by atoms with Crippen molar-refractivity contribution >= 4 is 39.6 Å². The van der Waals surface area contributed by atoms with Crippen LogP contribution in [-0.4, -0.2) is 39.0 Å². The zero-order valence-corrected chi connectivity index (χ0v) is 24.2. The van der Waals surface area contributed by atoms with Crippen molar-refractivity contribution in [3.8, 4) is 17.2 Å². The number of imide groups is 1. The maximum Gasteiger partial charge on any atom is 0.286 e. The fourth-order valence-corrected chi connectivity index (χ4v) is 5.78. The third-order valence-corrected chi connectivity index (χ3v) is 7.99. The van der Waals surface area contributed by atoms with Crippen LogP contribution in [0, 0.1) is 5.92 Å². The average molecular weight is 559 g/mol. The van der Waals surface area contributed by atoms with E-state index >= 15 is 0 Å². The fraction of sp³-hybridized carbons (Fsp3) is 0.323. The Hall–Kier alpha value is -3.98. The minimum absolute atomic E-state index is 0.249. The summed E-state index contributed by atoms with van der Waals surface area (Å²) in [6.45, 7) is 7.47. The number of aromatic nitrogens is 2. The van der Waals surface area contributed by atoms with E-state index in [1.807, 2.05) is 66.2 Å². The van der Waals surface area contributed by atoms with Gasteiger partial charge < -0.3 is 18.9 Å². The number of carbonyl (C=O) groups is 2. The van der Waals surface area contributed by atoms with E-state index in [0.29, 0.717) is 24.7 Å². The van der Waals surface area contributed by atoms with Gasteiger partial charge in [-0.25, -0.2) is 4.98 Å². The Labute approximate surface area is 238 Å². The Kier molecular flexibility index (Phi) is 7.76. The number of ether oxygens (including phenoxy) is 2.